The first-order chi connectivity index (χ1) is 18.1. The molecule has 5 aromatic rings. The standard InChI is InChI=1S/C38H34/c1-37(2,3)35-21-13-7-15-27(35)23-25-33-29-17-9-11-19-31(29)34(32-20-12-10-18-30(32)33)26-24-28-16-8-14-22-36(28)38(4,5)6/h7-22H,1-6H3. The van der Waals surface area contributed by atoms with E-state index in [9.17, 15) is 0 Å². The van der Waals surface area contributed by atoms with Crippen molar-refractivity contribution in [2.45, 2.75) is 52.4 Å². The van der Waals surface area contributed by atoms with E-state index in [4.69, 9.17) is 0 Å². The Kier molecular flexibility index (Phi) is 6.61. The summed E-state index contributed by atoms with van der Waals surface area (Å²) >= 11 is 0. The lowest BCUT2D eigenvalue weighted by atomic mass is 9.83. The van der Waals surface area contributed by atoms with Gasteiger partial charge < -0.3 is 0 Å². The summed E-state index contributed by atoms with van der Waals surface area (Å²) in [6.45, 7) is 13.4. The maximum absolute atomic E-state index is 3.59. The van der Waals surface area contributed by atoms with Gasteiger partial charge in [0, 0.05) is 22.3 Å². The second kappa shape index (κ2) is 9.89. The van der Waals surface area contributed by atoms with Gasteiger partial charge in [0.05, 0.1) is 0 Å². The minimum absolute atomic E-state index is 0.0260. The van der Waals surface area contributed by atoms with Crippen molar-refractivity contribution in [1.29, 1.82) is 0 Å². The van der Waals surface area contributed by atoms with Gasteiger partial charge in [0.15, 0.2) is 0 Å². The van der Waals surface area contributed by atoms with Crippen molar-refractivity contribution in [3.8, 4) is 23.7 Å². The molecule has 0 heterocycles. The number of benzene rings is 5. The molecule has 0 radical (unpaired) electrons. The molecule has 0 fully saturated rings. The molecule has 5 aromatic carbocycles. The summed E-state index contributed by atoms with van der Waals surface area (Å²) < 4.78 is 0. The van der Waals surface area contributed by atoms with Crippen molar-refractivity contribution in [1.82, 2.24) is 0 Å². The van der Waals surface area contributed by atoms with E-state index < -0.39 is 0 Å². The minimum Gasteiger partial charge on any atom is -0.0619 e. The lowest BCUT2D eigenvalue weighted by Crippen LogP contribution is -2.12. The van der Waals surface area contributed by atoms with Crippen molar-refractivity contribution < 1.29 is 0 Å². The maximum atomic E-state index is 3.59. The molecule has 0 spiro atoms. The highest BCUT2D eigenvalue weighted by molar-refractivity contribution is 6.09. The van der Waals surface area contributed by atoms with E-state index >= 15 is 0 Å². The second-order valence-electron chi connectivity index (χ2n) is 11.9. The number of rotatable bonds is 0. The summed E-state index contributed by atoms with van der Waals surface area (Å²) in [5.74, 6) is 14.3. The van der Waals surface area contributed by atoms with Crippen LogP contribution in [0, 0.1) is 23.7 Å². The molecule has 0 bridgehead atoms. The van der Waals surface area contributed by atoms with Crippen LogP contribution >= 0.6 is 0 Å². The van der Waals surface area contributed by atoms with E-state index in [2.05, 4.69) is 162 Å². The van der Waals surface area contributed by atoms with Crippen LogP contribution in [-0.4, -0.2) is 0 Å². The summed E-state index contributed by atoms with van der Waals surface area (Å²) in [5.41, 5.74) is 6.85. The highest BCUT2D eigenvalue weighted by Crippen LogP contribution is 2.33. The molecule has 0 aliphatic heterocycles. The summed E-state index contributed by atoms with van der Waals surface area (Å²) in [6, 6.07) is 34.1. The fourth-order valence-corrected chi connectivity index (χ4v) is 5.15. The Morgan fingerprint density at radius 1 is 0.368 bits per heavy atom. The third-order valence-electron chi connectivity index (χ3n) is 7.05. The Morgan fingerprint density at radius 3 is 0.974 bits per heavy atom. The van der Waals surface area contributed by atoms with Crippen LogP contribution in [0.2, 0.25) is 0 Å². The molecule has 5 rings (SSSR count). The molecule has 186 valence electrons. The third kappa shape index (κ3) is 4.96. The van der Waals surface area contributed by atoms with Crippen molar-refractivity contribution in [2.24, 2.45) is 0 Å². The molecule has 0 heteroatoms. The lowest BCUT2D eigenvalue weighted by Gasteiger charge is -2.20. The largest absolute Gasteiger partial charge is 0.0619 e. The van der Waals surface area contributed by atoms with Gasteiger partial charge in [-0.1, -0.05) is 150 Å². The Labute approximate surface area is 227 Å². The molecule has 0 aliphatic rings. The molecule has 0 saturated carbocycles. The molecular formula is C38H34. The molecular weight excluding hydrogens is 456 g/mol. The van der Waals surface area contributed by atoms with E-state index in [1.165, 1.54) is 11.1 Å². The van der Waals surface area contributed by atoms with Crippen molar-refractivity contribution in [2.75, 3.05) is 0 Å². The van der Waals surface area contributed by atoms with Crippen LogP contribution in [0.1, 0.15) is 74.9 Å². The number of fused-ring (bicyclic) bond motifs is 2. The zero-order valence-corrected chi connectivity index (χ0v) is 23.2. The lowest BCUT2D eigenvalue weighted by molar-refractivity contribution is 0.588. The monoisotopic (exact) mass is 490 g/mol. The fourth-order valence-electron chi connectivity index (χ4n) is 5.15. The Balaban J connectivity index is 1.76. The topological polar surface area (TPSA) is 0 Å². The first-order valence-electron chi connectivity index (χ1n) is 13.3. The van der Waals surface area contributed by atoms with Crippen LogP contribution in [0.25, 0.3) is 21.5 Å². The molecule has 0 saturated heterocycles. The Hall–Kier alpha value is -4.26. The van der Waals surface area contributed by atoms with E-state index in [1.807, 2.05) is 0 Å². The average molecular weight is 491 g/mol. The Bertz CT molecular complexity index is 1590. The van der Waals surface area contributed by atoms with Gasteiger partial charge in [-0.05, 0) is 55.6 Å². The molecule has 0 N–H and O–H groups in total. The maximum Gasteiger partial charge on any atom is 0.0406 e. The number of hydrogen-bond donors (Lipinski definition) is 0. The van der Waals surface area contributed by atoms with Crippen LogP contribution in [0.3, 0.4) is 0 Å². The van der Waals surface area contributed by atoms with Gasteiger partial charge in [-0.3, -0.25) is 0 Å². The summed E-state index contributed by atoms with van der Waals surface area (Å²) in [7, 11) is 0. The van der Waals surface area contributed by atoms with Crippen LogP contribution in [0.5, 0.6) is 0 Å². The first kappa shape index (κ1) is 25.4. The zero-order chi connectivity index (χ0) is 26.9. The van der Waals surface area contributed by atoms with E-state index in [1.54, 1.807) is 0 Å². The zero-order valence-electron chi connectivity index (χ0n) is 23.2. The first-order valence-corrected chi connectivity index (χ1v) is 13.3. The SMILES string of the molecule is CC(C)(C)c1ccccc1C#Cc1c2ccccc2c(C#Cc2ccccc2C(C)(C)C)c2ccccc12. The molecule has 0 amide bonds. The normalized spacial score (nSPS) is 11.5. The van der Waals surface area contributed by atoms with Crippen LogP contribution in [0.15, 0.2) is 97.1 Å². The van der Waals surface area contributed by atoms with E-state index in [0.717, 1.165) is 43.8 Å². The van der Waals surface area contributed by atoms with Gasteiger partial charge in [0.1, 0.15) is 0 Å². The van der Waals surface area contributed by atoms with Gasteiger partial charge in [-0.25, -0.2) is 0 Å². The van der Waals surface area contributed by atoms with Gasteiger partial charge in [-0.2, -0.15) is 0 Å². The molecule has 0 aromatic heterocycles. The molecule has 0 atom stereocenters. The third-order valence-corrected chi connectivity index (χ3v) is 7.05. The summed E-state index contributed by atoms with van der Waals surface area (Å²) in [6.07, 6.45) is 0. The highest BCUT2D eigenvalue weighted by Gasteiger charge is 2.18. The van der Waals surface area contributed by atoms with Crippen LogP contribution < -0.4 is 0 Å². The summed E-state index contributed by atoms with van der Waals surface area (Å²) in [4.78, 5) is 0. The smallest absolute Gasteiger partial charge is 0.0406 e. The van der Waals surface area contributed by atoms with Crippen LogP contribution in [0.4, 0.5) is 0 Å². The van der Waals surface area contributed by atoms with Gasteiger partial charge in [0.25, 0.3) is 0 Å². The molecule has 38 heavy (non-hydrogen) atoms. The van der Waals surface area contributed by atoms with Gasteiger partial charge in [0.2, 0.25) is 0 Å². The predicted molar refractivity (Wildman–Crippen MR) is 164 cm³/mol. The van der Waals surface area contributed by atoms with Crippen molar-refractivity contribution >= 4 is 21.5 Å². The van der Waals surface area contributed by atoms with Gasteiger partial charge in [-0.15, -0.1) is 0 Å². The minimum atomic E-state index is 0.0260. The second-order valence-corrected chi connectivity index (χ2v) is 11.9. The number of hydrogen-bond acceptors (Lipinski definition) is 0. The van der Waals surface area contributed by atoms with E-state index in [-0.39, 0.29) is 10.8 Å². The fraction of sp³-hybridized carbons (Fsp3) is 0.211. The van der Waals surface area contributed by atoms with E-state index in [0.29, 0.717) is 0 Å². The molecule has 0 aliphatic carbocycles. The van der Waals surface area contributed by atoms with Crippen molar-refractivity contribution in [3.63, 3.8) is 0 Å². The predicted octanol–water partition coefficient (Wildman–Crippen LogP) is 9.39. The highest BCUT2D eigenvalue weighted by atomic mass is 14.2. The summed E-state index contributed by atoms with van der Waals surface area (Å²) in [5, 5.41) is 4.56. The van der Waals surface area contributed by atoms with Crippen molar-refractivity contribution in [3.05, 3.63) is 130 Å². The van der Waals surface area contributed by atoms with Crippen LogP contribution in [-0.2, 0) is 10.8 Å². The molecule has 0 unspecified atom stereocenters. The van der Waals surface area contributed by atoms with Gasteiger partial charge >= 0.3 is 0 Å². The Morgan fingerprint density at radius 2 is 0.658 bits per heavy atom. The molecule has 0 nitrogen and oxygen atoms in total. The average Bonchev–Trinajstić information content (AvgIpc) is 2.90. The quantitative estimate of drug-likeness (QED) is 0.150.